The van der Waals surface area contributed by atoms with Crippen molar-refractivity contribution in [3.8, 4) is 0 Å². The van der Waals surface area contributed by atoms with E-state index in [1.54, 1.807) is 0 Å². The van der Waals surface area contributed by atoms with Crippen molar-refractivity contribution in [1.82, 2.24) is 4.90 Å². The van der Waals surface area contributed by atoms with Crippen LogP contribution in [0.3, 0.4) is 0 Å². The van der Waals surface area contributed by atoms with Gasteiger partial charge in [0, 0.05) is 6.54 Å². The van der Waals surface area contributed by atoms with Gasteiger partial charge in [0.2, 0.25) is 0 Å². The van der Waals surface area contributed by atoms with E-state index < -0.39 is 0 Å². The molecule has 0 radical (unpaired) electrons. The van der Waals surface area contributed by atoms with Crippen LogP contribution >= 0.6 is 0 Å². The molecule has 1 heteroatoms. The summed E-state index contributed by atoms with van der Waals surface area (Å²) in [6.45, 7) is 12.8. The van der Waals surface area contributed by atoms with Gasteiger partial charge in [-0.2, -0.15) is 0 Å². The van der Waals surface area contributed by atoms with E-state index in [9.17, 15) is 0 Å². The molecule has 0 rings (SSSR count). The van der Waals surface area contributed by atoms with Crippen LogP contribution in [-0.2, 0) is 0 Å². The highest BCUT2D eigenvalue weighted by Crippen LogP contribution is 2.06. The summed E-state index contributed by atoms with van der Waals surface area (Å²) in [5, 5.41) is 0. The SMILES string of the molecule is CCC[C@@H](C)CN(CC)CC. The number of hydrogen-bond donors (Lipinski definition) is 0. The molecule has 0 aliphatic rings. The lowest BCUT2D eigenvalue weighted by molar-refractivity contribution is 0.253. The zero-order valence-electron chi connectivity index (χ0n) is 8.56. The summed E-state index contributed by atoms with van der Waals surface area (Å²) in [6, 6.07) is 0. The van der Waals surface area contributed by atoms with Crippen molar-refractivity contribution in [3.05, 3.63) is 0 Å². The zero-order valence-corrected chi connectivity index (χ0v) is 8.56. The Bertz CT molecular complexity index is 76.9. The predicted molar refractivity (Wildman–Crippen MR) is 51.9 cm³/mol. The van der Waals surface area contributed by atoms with Gasteiger partial charge in [-0.05, 0) is 25.4 Å². The van der Waals surface area contributed by atoms with Crippen LogP contribution in [0, 0.1) is 5.92 Å². The van der Waals surface area contributed by atoms with Gasteiger partial charge in [-0.15, -0.1) is 0 Å². The van der Waals surface area contributed by atoms with Crippen molar-refractivity contribution in [1.29, 1.82) is 0 Å². The van der Waals surface area contributed by atoms with Gasteiger partial charge in [-0.1, -0.05) is 34.1 Å². The van der Waals surface area contributed by atoms with Crippen molar-refractivity contribution in [3.63, 3.8) is 0 Å². The standard InChI is InChI=1S/C10H23N/c1-5-8-10(4)9-11(6-2)7-3/h10H,5-9H2,1-4H3/t10-/m1/s1. The van der Waals surface area contributed by atoms with Gasteiger partial charge in [-0.3, -0.25) is 0 Å². The van der Waals surface area contributed by atoms with Crippen LogP contribution in [0.2, 0.25) is 0 Å². The molecule has 0 spiro atoms. The quantitative estimate of drug-likeness (QED) is 0.573. The van der Waals surface area contributed by atoms with Crippen molar-refractivity contribution < 1.29 is 0 Å². The van der Waals surface area contributed by atoms with E-state index in [4.69, 9.17) is 0 Å². The van der Waals surface area contributed by atoms with E-state index in [1.165, 1.54) is 32.5 Å². The molecule has 0 aromatic carbocycles. The third-order valence-corrected chi connectivity index (χ3v) is 2.25. The normalized spacial score (nSPS) is 13.9. The molecule has 11 heavy (non-hydrogen) atoms. The molecule has 0 saturated carbocycles. The zero-order chi connectivity index (χ0) is 8.69. The Morgan fingerprint density at radius 1 is 1.09 bits per heavy atom. The van der Waals surface area contributed by atoms with Crippen molar-refractivity contribution in [2.24, 2.45) is 5.92 Å². The molecule has 0 aromatic heterocycles. The minimum atomic E-state index is 0.875. The van der Waals surface area contributed by atoms with E-state index in [2.05, 4.69) is 32.6 Å². The lowest BCUT2D eigenvalue weighted by atomic mass is 10.1. The smallest absolute Gasteiger partial charge is 0.000678 e. The van der Waals surface area contributed by atoms with Crippen LogP contribution < -0.4 is 0 Å². The van der Waals surface area contributed by atoms with Gasteiger partial charge in [0.15, 0.2) is 0 Å². The van der Waals surface area contributed by atoms with Gasteiger partial charge in [0.05, 0.1) is 0 Å². The maximum Gasteiger partial charge on any atom is 0.000678 e. The molecule has 68 valence electrons. The van der Waals surface area contributed by atoms with Crippen LogP contribution in [0.15, 0.2) is 0 Å². The fraction of sp³-hybridized carbons (Fsp3) is 1.00. The molecule has 0 N–H and O–H groups in total. The molecule has 0 amide bonds. The molecule has 1 atom stereocenters. The van der Waals surface area contributed by atoms with Gasteiger partial charge in [0.1, 0.15) is 0 Å². The molecule has 0 fully saturated rings. The largest absolute Gasteiger partial charge is 0.304 e. The summed E-state index contributed by atoms with van der Waals surface area (Å²) < 4.78 is 0. The Morgan fingerprint density at radius 2 is 1.64 bits per heavy atom. The molecule has 0 saturated heterocycles. The number of nitrogens with zero attached hydrogens (tertiary/aromatic N) is 1. The minimum Gasteiger partial charge on any atom is -0.304 e. The fourth-order valence-electron chi connectivity index (χ4n) is 1.51. The summed E-state index contributed by atoms with van der Waals surface area (Å²) in [6.07, 6.45) is 2.69. The van der Waals surface area contributed by atoms with Crippen LogP contribution in [0.1, 0.15) is 40.5 Å². The first kappa shape index (κ1) is 11.0. The second kappa shape index (κ2) is 6.66. The molecular weight excluding hydrogens is 134 g/mol. The maximum absolute atomic E-state index is 2.50. The molecule has 0 aromatic rings. The lowest BCUT2D eigenvalue weighted by Crippen LogP contribution is -2.28. The average molecular weight is 157 g/mol. The second-order valence-electron chi connectivity index (χ2n) is 3.38. The fourth-order valence-corrected chi connectivity index (χ4v) is 1.51. The monoisotopic (exact) mass is 157 g/mol. The van der Waals surface area contributed by atoms with E-state index in [1.807, 2.05) is 0 Å². The summed E-state index contributed by atoms with van der Waals surface area (Å²) in [4.78, 5) is 2.50. The van der Waals surface area contributed by atoms with Crippen molar-refractivity contribution in [2.45, 2.75) is 40.5 Å². The van der Waals surface area contributed by atoms with E-state index in [-0.39, 0.29) is 0 Å². The third kappa shape index (κ3) is 5.25. The van der Waals surface area contributed by atoms with Gasteiger partial charge < -0.3 is 4.90 Å². The first-order valence-corrected chi connectivity index (χ1v) is 4.96. The first-order valence-electron chi connectivity index (χ1n) is 4.96. The van der Waals surface area contributed by atoms with E-state index in [0.717, 1.165) is 5.92 Å². The van der Waals surface area contributed by atoms with Gasteiger partial charge in [0.25, 0.3) is 0 Å². The molecule has 0 bridgehead atoms. The number of rotatable bonds is 6. The van der Waals surface area contributed by atoms with Crippen LogP contribution in [0.5, 0.6) is 0 Å². The van der Waals surface area contributed by atoms with Crippen LogP contribution in [-0.4, -0.2) is 24.5 Å². The lowest BCUT2D eigenvalue weighted by Gasteiger charge is -2.22. The molecule has 0 unspecified atom stereocenters. The topological polar surface area (TPSA) is 3.24 Å². The van der Waals surface area contributed by atoms with Crippen molar-refractivity contribution in [2.75, 3.05) is 19.6 Å². The maximum atomic E-state index is 2.50. The number of hydrogen-bond acceptors (Lipinski definition) is 1. The van der Waals surface area contributed by atoms with E-state index in [0.29, 0.717) is 0 Å². The van der Waals surface area contributed by atoms with E-state index >= 15 is 0 Å². The van der Waals surface area contributed by atoms with Crippen LogP contribution in [0.4, 0.5) is 0 Å². The Labute approximate surface area is 71.8 Å². The molecule has 1 nitrogen and oxygen atoms in total. The molecular formula is C10H23N. The Kier molecular flexibility index (Phi) is 6.63. The molecule has 0 heterocycles. The summed E-state index contributed by atoms with van der Waals surface area (Å²) in [5.74, 6) is 0.875. The Balaban J connectivity index is 3.44. The predicted octanol–water partition coefficient (Wildman–Crippen LogP) is 2.76. The highest BCUT2D eigenvalue weighted by atomic mass is 15.1. The van der Waals surface area contributed by atoms with Crippen LogP contribution in [0.25, 0.3) is 0 Å². The summed E-state index contributed by atoms with van der Waals surface area (Å²) in [7, 11) is 0. The van der Waals surface area contributed by atoms with Gasteiger partial charge >= 0.3 is 0 Å². The minimum absolute atomic E-state index is 0.875. The highest BCUT2D eigenvalue weighted by molar-refractivity contribution is 4.58. The van der Waals surface area contributed by atoms with Gasteiger partial charge in [-0.25, -0.2) is 0 Å². The highest BCUT2D eigenvalue weighted by Gasteiger charge is 2.04. The summed E-state index contributed by atoms with van der Waals surface area (Å²) in [5.41, 5.74) is 0. The molecule has 0 aliphatic heterocycles. The Morgan fingerprint density at radius 3 is 2.00 bits per heavy atom. The summed E-state index contributed by atoms with van der Waals surface area (Å²) >= 11 is 0. The molecule has 0 aliphatic carbocycles. The first-order chi connectivity index (χ1) is 5.24. The third-order valence-electron chi connectivity index (χ3n) is 2.25. The average Bonchev–Trinajstić information content (AvgIpc) is 2.01. The van der Waals surface area contributed by atoms with Crippen molar-refractivity contribution >= 4 is 0 Å². The second-order valence-corrected chi connectivity index (χ2v) is 3.38. The Hall–Kier alpha value is -0.0400.